The molecule has 0 saturated carbocycles. The average molecular weight is 399 g/mol. The molecule has 0 bridgehead atoms. The van der Waals surface area contributed by atoms with Crippen molar-refractivity contribution in [3.63, 3.8) is 0 Å². The van der Waals surface area contributed by atoms with Crippen molar-refractivity contribution in [2.45, 2.75) is 51.0 Å². The number of likely N-dealkylation sites (tertiary alicyclic amines) is 1. The van der Waals surface area contributed by atoms with Crippen molar-refractivity contribution in [3.8, 4) is 0 Å². The van der Waals surface area contributed by atoms with Crippen LogP contribution in [0.25, 0.3) is 0 Å². The number of nitro benzene ring substituents is 1. The van der Waals surface area contributed by atoms with Crippen LogP contribution in [0.5, 0.6) is 0 Å². The Morgan fingerprint density at radius 2 is 1.85 bits per heavy atom. The van der Waals surface area contributed by atoms with Crippen LogP contribution in [-0.2, 0) is 10.0 Å². The highest BCUT2D eigenvalue weighted by Crippen LogP contribution is 2.28. The van der Waals surface area contributed by atoms with Crippen molar-refractivity contribution in [2.24, 2.45) is 5.92 Å². The third-order valence-corrected chi connectivity index (χ3v) is 6.18. The molecule has 1 unspecified atom stereocenters. The quantitative estimate of drug-likeness (QED) is 0.490. The summed E-state index contributed by atoms with van der Waals surface area (Å²) in [7, 11) is -3.77. The molecule has 1 atom stereocenters. The van der Waals surface area contributed by atoms with Crippen LogP contribution in [0.3, 0.4) is 0 Å². The van der Waals surface area contributed by atoms with Gasteiger partial charge in [0, 0.05) is 25.2 Å². The van der Waals surface area contributed by atoms with Crippen LogP contribution in [0.4, 0.5) is 11.4 Å². The minimum absolute atomic E-state index is 0.102. The monoisotopic (exact) mass is 398 g/mol. The number of rotatable bonds is 9. The number of nitrogens with one attached hydrogen (secondary N) is 2. The zero-order chi connectivity index (χ0) is 20.0. The first-order chi connectivity index (χ1) is 12.7. The molecule has 1 aromatic rings. The Morgan fingerprint density at radius 1 is 1.19 bits per heavy atom. The third-order valence-electron chi connectivity index (χ3n) is 4.53. The summed E-state index contributed by atoms with van der Waals surface area (Å²) in [6, 6.07) is 3.70. The first-order valence-electron chi connectivity index (χ1n) is 9.46. The molecule has 0 radical (unpaired) electrons. The molecule has 0 aliphatic carbocycles. The molecule has 0 spiro atoms. The standard InChI is InChI=1S/C18H30N4O4S/c1-14(2)20-27(25,26)16-7-8-17(18(11-16)22(23)24)19-12-15(3)13-21-9-5-4-6-10-21/h7-8,11,14-15,19-20H,4-6,9-10,12-13H2,1-3H3. The van der Waals surface area contributed by atoms with Crippen LogP contribution < -0.4 is 10.0 Å². The normalized spacial score (nSPS) is 17.0. The van der Waals surface area contributed by atoms with Crippen molar-refractivity contribution in [2.75, 3.05) is 31.5 Å². The topological polar surface area (TPSA) is 105 Å². The van der Waals surface area contributed by atoms with Crippen molar-refractivity contribution >= 4 is 21.4 Å². The predicted octanol–water partition coefficient (Wildman–Crippen LogP) is 2.82. The summed E-state index contributed by atoms with van der Waals surface area (Å²) in [5.41, 5.74) is 0.112. The fraction of sp³-hybridized carbons (Fsp3) is 0.667. The summed E-state index contributed by atoms with van der Waals surface area (Å²) >= 11 is 0. The molecule has 0 aromatic heterocycles. The van der Waals surface area contributed by atoms with Gasteiger partial charge in [0.1, 0.15) is 5.69 Å². The summed E-state index contributed by atoms with van der Waals surface area (Å²) in [6.45, 7) is 9.27. The van der Waals surface area contributed by atoms with Gasteiger partial charge in [-0.15, -0.1) is 0 Å². The number of nitrogens with zero attached hydrogens (tertiary/aromatic N) is 2. The number of hydrogen-bond donors (Lipinski definition) is 2. The van der Waals surface area contributed by atoms with Crippen molar-refractivity contribution in [1.82, 2.24) is 9.62 Å². The highest BCUT2D eigenvalue weighted by molar-refractivity contribution is 7.89. The lowest BCUT2D eigenvalue weighted by molar-refractivity contribution is -0.384. The summed E-state index contributed by atoms with van der Waals surface area (Å²) in [6.07, 6.45) is 3.74. The SMILES string of the molecule is CC(CNc1ccc(S(=O)(=O)NC(C)C)cc1[N+](=O)[O-])CN1CCCCC1. The molecule has 152 valence electrons. The van der Waals surface area contributed by atoms with Crippen LogP contribution in [-0.4, -0.2) is 50.5 Å². The molecule has 1 aromatic carbocycles. The van der Waals surface area contributed by atoms with Crippen LogP contribution >= 0.6 is 0 Å². The fourth-order valence-corrected chi connectivity index (χ4v) is 4.56. The van der Waals surface area contributed by atoms with E-state index in [1.165, 1.54) is 31.4 Å². The molecule has 9 heteroatoms. The van der Waals surface area contributed by atoms with Crippen molar-refractivity contribution in [1.29, 1.82) is 0 Å². The number of benzene rings is 1. The number of hydrogen-bond acceptors (Lipinski definition) is 6. The van der Waals surface area contributed by atoms with Gasteiger partial charge >= 0.3 is 0 Å². The molecule has 1 aliphatic rings. The Hall–Kier alpha value is -1.71. The molecule has 1 saturated heterocycles. The molecule has 0 amide bonds. The van der Waals surface area contributed by atoms with E-state index in [4.69, 9.17) is 0 Å². The van der Waals surface area contributed by atoms with Gasteiger partial charge in [0.25, 0.3) is 5.69 Å². The van der Waals surface area contributed by atoms with E-state index in [1.54, 1.807) is 13.8 Å². The van der Waals surface area contributed by atoms with Gasteiger partial charge in [-0.2, -0.15) is 0 Å². The van der Waals surface area contributed by atoms with Crippen LogP contribution in [0.15, 0.2) is 23.1 Å². The second-order valence-electron chi connectivity index (χ2n) is 7.56. The third kappa shape index (κ3) is 6.44. The number of nitro groups is 1. The van der Waals surface area contributed by atoms with Gasteiger partial charge in [-0.1, -0.05) is 13.3 Å². The van der Waals surface area contributed by atoms with Crippen LogP contribution in [0, 0.1) is 16.0 Å². The molecule has 2 rings (SSSR count). The van der Waals surface area contributed by atoms with E-state index in [9.17, 15) is 18.5 Å². The molecular formula is C18H30N4O4S. The number of anilines is 1. The van der Waals surface area contributed by atoms with E-state index in [0.29, 0.717) is 18.2 Å². The van der Waals surface area contributed by atoms with Crippen molar-refractivity contribution < 1.29 is 13.3 Å². The van der Waals surface area contributed by atoms with E-state index < -0.39 is 14.9 Å². The van der Waals surface area contributed by atoms with E-state index in [1.807, 2.05) is 0 Å². The maximum atomic E-state index is 12.3. The molecule has 8 nitrogen and oxygen atoms in total. The summed E-state index contributed by atoms with van der Waals surface area (Å²) in [5.74, 6) is 0.328. The van der Waals surface area contributed by atoms with Crippen molar-refractivity contribution in [3.05, 3.63) is 28.3 Å². The summed E-state index contributed by atoms with van der Waals surface area (Å²) in [5, 5.41) is 14.5. The maximum Gasteiger partial charge on any atom is 0.293 e. The second-order valence-corrected chi connectivity index (χ2v) is 9.27. The Kier molecular flexibility index (Phi) is 7.58. The highest BCUT2D eigenvalue weighted by atomic mass is 32.2. The van der Waals surface area contributed by atoms with Gasteiger partial charge in [0.2, 0.25) is 10.0 Å². The van der Waals surface area contributed by atoms with Gasteiger partial charge < -0.3 is 10.2 Å². The lowest BCUT2D eigenvalue weighted by atomic mass is 10.1. The molecule has 2 N–H and O–H groups in total. The lowest BCUT2D eigenvalue weighted by Crippen LogP contribution is -2.35. The minimum Gasteiger partial charge on any atom is -0.379 e. The Labute approximate surface area is 161 Å². The van der Waals surface area contributed by atoms with Gasteiger partial charge in [-0.25, -0.2) is 13.1 Å². The molecule has 1 fully saturated rings. The number of piperidine rings is 1. The average Bonchev–Trinajstić information content (AvgIpc) is 2.59. The highest BCUT2D eigenvalue weighted by Gasteiger charge is 2.22. The first kappa shape index (κ1) is 21.6. The van der Waals surface area contributed by atoms with Crippen LogP contribution in [0.1, 0.15) is 40.0 Å². The zero-order valence-electron chi connectivity index (χ0n) is 16.3. The maximum absolute atomic E-state index is 12.3. The van der Waals surface area contributed by atoms with Crippen LogP contribution in [0.2, 0.25) is 0 Å². The predicted molar refractivity (Wildman–Crippen MR) is 106 cm³/mol. The van der Waals surface area contributed by atoms with E-state index in [0.717, 1.165) is 25.7 Å². The Morgan fingerprint density at radius 3 is 2.44 bits per heavy atom. The smallest absolute Gasteiger partial charge is 0.293 e. The van der Waals surface area contributed by atoms with Gasteiger partial charge in [-0.05, 0) is 57.8 Å². The molecule has 27 heavy (non-hydrogen) atoms. The number of sulfonamides is 1. The van der Waals surface area contributed by atoms with Gasteiger partial charge in [0.05, 0.1) is 9.82 Å². The minimum atomic E-state index is -3.77. The first-order valence-corrected chi connectivity index (χ1v) is 10.9. The molecular weight excluding hydrogens is 368 g/mol. The second kappa shape index (κ2) is 9.48. The Bertz CT molecular complexity index is 746. The zero-order valence-corrected chi connectivity index (χ0v) is 17.1. The lowest BCUT2D eigenvalue weighted by Gasteiger charge is -2.29. The van der Waals surface area contributed by atoms with E-state index >= 15 is 0 Å². The fourth-order valence-electron chi connectivity index (χ4n) is 3.29. The Balaban J connectivity index is 2.06. The largest absolute Gasteiger partial charge is 0.379 e. The van der Waals surface area contributed by atoms with E-state index in [2.05, 4.69) is 21.9 Å². The molecule has 1 aliphatic heterocycles. The molecule has 1 heterocycles. The summed E-state index contributed by atoms with van der Waals surface area (Å²) < 4.78 is 27.0. The van der Waals surface area contributed by atoms with Gasteiger partial charge in [0.15, 0.2) is 0 Å². The summed E-state index contributed by atoms with van der Waals surface area (Å²) in [4.78, 5) is 13.2. The van der Waals surface area contributed by atoms with E-state index in [-0.39, 0.29) is 16.6 Å². The van der Waals surface area contributed by atoms with Gasteiger partial charge in [-0.3, -0.25) is 10.1 Å².